The Morgan fingerprint density at radius 2 is 0.522 bits per heavy atom. The SMILES string of the molecule is CCCCCCC/C=C\C/C=C\C/C=C\CCCCCCCCCCCCCCCCCCCCC(=O)OCC(COC(=O)CCCCCCCCC)OC(=O)CCCCCCCCCCCCC. The molecule has 0 aliphatic heterocycles. The topological polar surface area (TPSA) is 78.9 Å². The van der Waals surface area contributed by atoms with Crippen LogP contribution < -0.4 is 0 Å². The first-order chi connectivity index (χ1) is 34.0. The van der Waals surface area contributed by atoms with Crippen molar-refractivity contribution in [1.82, 2.24) is 0 Å². The van der Waals surface area contributed by atoms with Gasteiger partial charge < -0.3 is 14.2 Å². The Hall–Kier alpha value is -2.37. The number of esters is 3. The van der Waals surface area contributed by atoms with Gasteiger partial charge in [-0.15, -0.1) is 0 Å². The molecule has 0 saturated heterocycles. The molecule has 1 unspecified atom stereocenters. The maximum Gasteiger partial charge on any atom is 0.306 e. The Morgan fingerprint density at radius 1 is 0.290 bits per heavy atom. The monoisotopic (exact) mass is 969 g/mol. The molecule has 404 valence electrons. The van der Waals surface area contributed by atoms with Crippen LogP contribution in [0.3, 0.4) is 0 Å². The smallest absolute Gasteiger partial charge is 0.306 e. The number of carbonyl (C=O) groups excluding carboxylic acids is 3. The Balaban J connectivity index is 3.91. The summed E-state index contributed by atoms with van der Waals surface area (Å²) in [6.07, 6.45) is 70.5. The molecule has 6 nitrogen and oxygen atoms in total. The molecule has 0 heterocycles. The van der Waals surface area contributed by atoms with Crippen LogP contribution in [0.5, 0.6) is 0 Å². The molecule has 0 amide bonds. The van der Waals surface area contributed by atoms with E-state index in [-0.39, 0.29) is 31.1 Å². The van der Waals surface area contributed by atoms with Crippen molar-refractivity contribution in [1.29, 1.82) is 0 Å². The predicted molar refractivity (Wildman–Crippen MR) is 298 cm³/mol. The van der Waals surface area contributed by atoms with E-state index in [0.717, 1.165) is 70.6 Å². The Labute approximate surface area is 429 Å². The highest BCUT2D eigenvalue weighted by Crippen LogP contribution is 2.17. The minimum Gasteiger partial charge on any atom is -0.462 e. The zero-order valence-corrected chi connectivity index (χ0v) is 46.3. The van der Waals surface area contributed by atoms with Crippen LogP contribution in [0.1, 0.15) is 329 Å². The maximum atomic E-state index is 12.7. The molecule has 6 heteroatoms. The zero-order chi connectivity index (χ0) is 50.0. The van der Waals surface area contributed by atoms with E-state index in [1.165, 1.54) is 218 Å². The zero-order valence-electron chi connectivity index (χ0n) is 46.3. The second kappa shape index (κ2) is 58.2. The van der Waals surface area contributed by atoms with Gasteiger partial charge in [0.25, 0.3) is 0 Å². The van der Waals surface area contributed by atoms with Gasteiger partial charge in [0.15, 0.2) is 6.10 Å². The number of allylic oxidation sites excluding steroid dienone is 6. The first kappa shape index (κ1) is 66.6. The lowest BCUT2D eigenvalue weighted by Crippen LogP contribution is -2.30. The van der Waals surface area contributed by atoms with E-state index in [4.69, 9.17) is 14.2 Å². The lowest BCUT2D eigenvalue weighted by atomic mass is 10.0. The van der Waals surface area contributed by atoms with Crippen LogP contribution in [0.15, 0.2) is 36.5 Å². The van der Waals surface area contributed by atoms with Gasteiger partial charge in [0.05, 0.1) is 0 Å². The number of rotatable bonds is 56. The Kier molecular flexibility index (Phi) is 56.2. The highest BCUT2D eigenvalue weighted by Gasteiger charge is 2.19. The molecule has 1 atom stereocenters. The molecule has 69 heavy (non-hydrogen) atoms. The third-order valence-electron chi connectivity index (χ3n) is 13.6. The first-order valence-electron chi connectivity index (χ1n) is 30.5. The molecule has 0 radical (unpaired) electrons. The van der Waals surface area contributed by atoms with Gasteiger partial charge in [0, 0.05) is 19.3 Å². The van der Waals surface area contributed by atoms with Gasteiger partial charge >= 0.3 is 17.9 Å². The van der Waals surface area contributed by atoms with Crippen molar-refractivity contribution in [2.45, 2.75) is 335 Å². The summed E-state index contributed by atoms with van der Waals surface area (Å²) in [5.41, 5.74) is 0. The molecule has 0 rings (SSSR count). The van der Waals surface area contributed by atoms with Crippen LogP contribution in [-0.2, 0) is 28.6 Å². The van der Waals surface area contributed by atoms with E-state index in [0.29, 0.717) is 19.3 Å². The van der Waals surface area contributed by atoms with E-state index in [1.807, 2.05) is 0 Å². The summed E-state index contributed by atoms with van der Waals surface area (Å²) in [6.45, 7) is 6.61. The number of unbranched alkanes of at least 4 members (excludes halogenated alkanes) is 39. The lowest BCUT2D eigenvalue weighted by Gasteiger charge is -2.18. The van der Waals surface area contributed by atoms with Crippen LogP contribution in [-0.4, -0.2) is 37.2 Å². The summed E-state index contributed by atoms with van der Waals surface area (Å²) in [7, 11) is 0. The van der Waals surface area contributed by atoms with Crippen molar-refractivity contribution in [2.24, 2.45) is 0 Å². The lowest BCUT2D eigenvalue weighted by molar-refractivity contribution is -0.167. The molecule has 0 aromatic carbocycles. The van der Waals surface area contributed by atoms with Gasteiger partial charge in [-0.25, -0.2) is 0 Å². The molecule has 0 N–H and O–H groups in total. The summed E-state index contributed by atoms with van der Waals surface area (Å²) < 4.78 is 16.8. The molecular weight excluding hydrogens is 853 g/mol. The highest BCUT2D eigenvalue weighted by atomic mass is 16.6. The minimum absolute atomic E-state index is 0.0664. The largest absolute Gasteiger partial charge is 0.462 e. The third-order valence-corrected chi connectivity index (χ3v) is 13.6. The summed E-state index contributed by atoms with van der Waals surface area (Å²) in [4.78, 5) is 37.8. The maximum absolute atomic E-state index is 12.7. The van der Waals surface area contributed by atoms with Gasteiger partial charge in [0.1, 0.15) is 13.2 Å². The van der Waals surface area contributed by atoms with Gasteiger partial charge in [-0.05, 0) is 57.8 Å². The summed E-state index contributed by atoms with van der Waals surface area (Å²) in [5, 5.41) is 0. The molecule has 0 aromatic heterocycles. The average Bonchev–Trinajstić information content (AvgIpc) is 3.35. The quantitative estimate of drug-likeness (QED) is 0.0261. The minimum atomic E-state index is -0.763. The first-order valence-corrected chi connectivity index (χ1v) is 30.5. The molecule has 0 saturated carbocycles. The molecule has 0 bridgehead atoms. The highest BCUT2D eigenvalue weighted by molar-refractivity contribution is 5.71. The third kappa shape index (κ3) is 56.4. The van der Waals surface area contributed by atoms with Crippen LogP contribution in [0.2, 0.25) is 0 Å². The van der Waals surface area contributed by atoms with Crippen LogP contribution in [0, 0.1) is 0 Å². The second-order valence-corrected chi connectivity index (χ2v) is 20.6. The van der Waals surface area contributed by atoms with Crippen molar-refractivity contribution >= 4 is 17.9 Å². The Bertz CT molecular complexity index is 1160. The normalized spacial score (nSPS) is 12.2. The molecule has 0 spiro atoms. The van der Waals surface area contributed by atoms with Crippen molar-refractivity contribution in [3.63, 3.8) is 0 Å². The average molecular weight is 970 g/mol. The molecule has 0 aromatic rings. The number of ether oxygens (including phenoxy) is 3. The van der Waals surface area contributed by atoms with Crippen molar-refractivity contribution in [2.75, 3.05) is 13.2 Å². The van der Waals surface area contributed by atoms with E-state index in [2.05, 4.69) is 57.2 Å². The van der Waals surface area contributed by atoms with Gasteiger partial charge in [-0.3, -0.25) is 14.4 Å². The van der Waals surface area contributed by atoms with Crippen molar-refractivity contribution in [3.05, 3.63) is 36.5 Å². The van der Waals surface area contributed by atoms with Crippen LogP contribution >= 0.6 is 0 Å². The van der Waals surface area contributed by atoms with E-state index < -0.39 is 6.10 Å². The summed E-state index contributed by atoms with van der Waals surface area (Å²) >= 11 is 0. The van der Waals surface area contributed by atoms with Gasteiger partial charge in [0.2, 0.25) is 0 Å². The van der Waals surface area contributed by atoms with Gasteiger partial charge in [-0.2, -0.15) is 0 Å². The fourth-order valence-electron chi connectivity index (χ4n) is 9.04. The molecule has 0 aliphatic rings. The van der Waals surface area contributed by atoms with E-state index in [1.54, 1.807) is 0 Å². The van der Waals surface area contributed by atoms with Crippen molar-refractivity contribution < 1.29 is 28.6 Å². The summed E-state index contributed by atoms with van der Waals surface area (Å²) in [6, 6.07) is 0. The number of hydrogen-bond acceptors (Lipinski definition) is 6. The molecule has 0 aliphatic carbocycles. The van der Waals surface area contributed by atoms with Crippen molar-refractivity contribution in [3.8, 4) is 0 Å². The van der Waals surface area contributed by atoms with Crippen LogP contribution in [0.4, 0.5) is 0 Å². The van der Waals surface area contributed by atoms with Crippen LogP contribution in [0.25, 0.3) is 0 Å². The molecular formula is C63H116O6. The number of carbonyl (C=O) groups is 3. The fourth-order valence-corrected chi connectivity index (χ4v) is 9.04. The standard InChI is InChI=1S/C63H116O6/c1-4-7-10-13-16-18-20-21-22-23-24-25-26-27-28-29-30-31-32-33-34-35-36-37-38-39-40-41-43-44-47-50-53-56-62(65)68-59-60(58-67-61(64)55-52-49-46-15-12-9-6-3)69-63(66)57-54-51-48-45-42-19-17-14-11-8-5-2/h20-21,23-24,26-27,60H,4-19,22,25,28-59H2,1-3H3/b21-20-,24-23-,27-26-. The van der Waals surface area contributed by atoms with Gasteiger partial charge in [-0.1, -0.05) is 288 Å². The van der Waals surface area contributed by atoms with E-state index >= 15 is 0 Å². The number of hydrogen-bond donors (Lipinski definition) is 0. The molecule has 0 fully saturated rings. The Morgan fingerprint density at radius 3 is 0.812 bits per heavy atom. The summed E-state index contributed by atoms with van der Waals surface area (Å²) in [5.74, 6) is -0.857. The second-order valence-electron chi connectivity index (χ2n) is 20.6. The fraction of sp³-hybridized carbons (Fsp3) is 0.857. The van der Waals surface area contributed by atoms with E-state index in [9.17, 15) is 14.4 Å². The predicted octanol–water partition coefficient (Wildman–Crippen LogP) is 20.4.